The Hall–Kier alpha value is -1.35. The molecule has 0 saturated heterocycles. The first-order chi connectivity index (χ1) is 9.15. The molecule has 1 aromatic carbocycles. The lowest BCUT2D eigenvalue weighted by Gasteiger charge is -2.26. The Kier molecular flexibility index (Phi) is 4.59. The molecular formula is C16H25N3. The lowest BCUT2D eigenvalue weighted by atomic mass is 10.2. The van der Waals surface area contributed by atoms with Crippen LogP contribution >= 0.6 is 0 Å². The average molecular weight is 259 g/mol. The summed E-state index contributed by atoms with van der Waals surface area (Å²) in [5, 5.41) is 0. The van der Waals surface area contributed by atoms with E-state index in [-0.39, 0.29) is 0 Å². The molecule has 3 heteroatoms. The maximum Gasteiger partial charge on any atom is 0.124 e. The van der Waals surface area contributed by atoms with E-state index in [1.54, 1.807) is 0 Å². The van der Waals surface area contributed by atoms with Gasteiger partial charge in [0.25, 0.3) is 0 Å². The Balaban J connectivity index is 2.22. The van der Waals surface area contributed by atoms with Crippen LogP contribution in [0.3, 0.4) is 0 Å². The van der Waals surface area contributed by atoms with E-state index < -0.39 is 0 Å². The van der Waals surface area contributed by atoms with Crippen LogP contribution in [0.25, 0.3) is 11.0 Å². The molecule has 2 aromatic rings. The van der Waals surface area contributed by atoms with E-state index in [1.807, 2.05) is 0 Å². The van der Waals surface area contributed by atoms with Crippen molar-refractivity contribution in [1.82, 2.24) is 14.9 Å². The summed E-state index contributed by atoms with van der Waals surface area (Å²) in [5.74, 6) is 1.08. The van der Waals surface area contributed by atoms with Crippen LogP contribution in [0, 0.1) is 6.92 Å². The quantitative estimate of drug-likeness (QED) is 0.848. The van der Waals surface area contributed by atoms with Gasteiger partial charge in [0.2, 0.25) is 0 Å². The number of unbranched alkanes of at least 4 members (excludes halogenated alkanes) is 1. The molecule has 19 heavy (non-hydrogen) atoms. The maximum absolute atomic E-state index is 4.73. The molecule has 0 aliphatic rings. The third-order valence-corrected chi connectivity index (χ3v) is 3.80. The Morgan fingerprint density at radius 1 is 1.32 bits per heavy atom. The highest BCUT2D eigenvalue weighted by atomic mass is 15.2. The van der Waals surface area contributed by atoms with E-state index >= 15 is 0 Å². The molecule has 1 aromatic heterocycles. The van der Waals surface area contributed by atoms with Gasteiger partial charge < -0.3 is 4.98 Å². The molecule has 0 radical (unpaired) electrons. The van der Waals surface area contributed by atoms with Crippen molar-refractivity contribution >= 4 is 11.0 Å². The lowest BCUT2D eigenvalue weighted by Crippen LogP contribution is -2.28. The predicted octanol–water partition coefficient (Wildman–Crippen LogP) is 4.05. The summed E-state index contributed by atoms with van der Waals surface area (Å²) in [5.41, 5.74) is 3.49. The van der Waals surface area contributed by atoms with E-state index in [2.05, 4.69) is 55.8 Å². The number of rotatable bonds is 6. The number of fused-ring (bicyclic) bond motifs is 1. The van der Waals surface area contributed by atoms with Gasteiger partial charge in [0.05, 0.1) is 17.1 Å². The summed E-state index contributed by atoms with van der Waals surface area (Å²) in [6.45, 7) is 11.0. The van der Waals surface area contributed by atoms with Gasteiger partial charge in [-0.2, -0.15) is 0 Å². The van der Waals surface area contributed by atoms with Gasteiger partial charge in [0.15, 0.2) is 0 Å². The molecule has 0 aliphatic heterocycles. The third-order valence-electron chi connectivity index (χ3n) is 3.80. The molecule has 1 N–H and O–H groups in total. The van der Waals surface area contributed by atoms with Gasteiger partial charge in [0.1, 0.15) is 5.82 Å². The summed E-state index contributed by atoms with van der Waals surface area (Å²) in [4.78, 5) is 10.7. The van der Waals surface area contributed by atoms with Crippen LogP contribution in [0.15, 0.2) is 18.2 Å². The van der Waals surface area contributed by atoms with Crippen molar-refractivity contribution in [3.05, 3.63) is 29.6 Å². The maximum atomic E-state index is 4.73. The summed E-state index contributed by atoms with van der Waals surface area (Å²) >= 11 is 0. The van der Waals surface area contributed by atoms with E-state index in [1.165, 1.54) is 18.4 Å². The minimum Gasteiger partial charge on any atom is -0.341 e. The lowest BCUT2D eigenvalue weighted by molar-refractivity contribution is 0.212. The van der Waals surface area contributed by atoms with Crippen LogP contribution in [0.4, 0.5) is 0 Å². The molecule has 2 rings (SSSR count). The first kappa shape index (κ1) is 14.1. The number of aryl methyl sites for hydroxylation is 1. The summed E-state index contributed by atoms with van der Waals surface area (Å²) in [6, 6.07) is 6.73. The number of aromatic amines is 1. The fourth-order valence-electron chi connectivity index (χ4n) is 2.50. The molecule has 0 aliphatic carbocycles. The molecule has 0 spiro atoms. The number of nitrogens with one attached hydrogen (secondary N) is 1. The molecule has 104 valence electrons. The molecular weight excluding hydrogens is 234 g/mol. The molecule has 0 bridgehead atoms. The number of H-pyrrole nitrogens is 1. The van der Waals surface area contributed by atoms with Crippen molar-refractivity contribution in [2.24, 2.45) is 0 Å². The van der Waals surface area contributed by atoms with Gasteiger partial charge in [-0.05, 0) is 51.1 Å². The zero-order valence-electron chi connectivity index (χ0n) is 12.5. The number of hydrogen-bond donors (Lipinski definition) is 1. The topological polar surface area (TPSA) is 31.9 Å². The van der Waals surface area contributed by atoms with Crippen LogP contribution in [0.1, 0.15) is 51.0 Å². The van der Waals surface area contributed by atoms with Gasteiger partial charge in [-0.25, -0.2) is 4.98 Å². The SMILES string of the molecule is CCCCN(CC)C(C)c1nc2ccc(C)cc2[nH]1. The van der Waals surface area contributed by atoms with E-state index in [4.69, 9.17) is 4.98 Å². The molecule has 0 amide bonds. The second-order valence-corrected chi connectivity index (χ2v) is 5.30. The molecule has 1 atom stereocenters. The molecule has 1 heterocycles. The minimum atomic E-state index is 0.351. The van der Waals surface area contributed by atoms with Crippen LogP contribution in [0.5, 0.6) is 0 Å². The summed E-state index contributed by atoms with van der Waals surface area (Å²) < 4.78 is 0. The zero-order valence-corrected chi connectivity index (χ0v) is 12.5. The number of imidazole rings is 1. The standard InChI is InChI=1S/C16H25N3/c1-5-7-10-19(6-2)13(4)16-17-14-9-8-12(3)11-15(14)18-16/h8-9,11,13H,5-7,10H2,1-4H3,(H,17,18). The van der Waals surface area contributed by atoms with Gasteiger partial charge in [-0.3, -0.25) is 4.90 Å². The Morgan fingerprint density at radius 3 is 2.79 bits per heavy atom. The summed E-state index contributed by atoms with van der Waals surface area (Å²) in [7, 11) is 0. The minimum absolute atomic E-state index is 0.351. The first-order valence-corrected chi connectivity index (χ1v) is 7.36. The number of aromatic nitrogens is 2. The number of hydrogen-bond acceptors (Lipinski definition) is 2. The van der Waals surface area contributed by atoms with Crippen molar-refractivity contribution in [2.45, 2.75) is 46.6 Å². The van der Waals surface area contributed by atoms with Crippen molar-refractivity contribution in [2.75, 3.05) is 13.1 Å². The van der Waals surface area contributed by atoms with E-state index in [0.29, 0.717) is 6.04 Å². The van der Waals surface area contributed by atoms with Crippen LogP contribution in [0.2, 0.25) is 0 Å². The second-order valence-electron chi connectivity index (χ2n) is 5.30. The van der Waals surface area contributed by atoms with Crippen molar-refractivity contribution in [1.29, 1.82) is 0 Å². The Morgan fingerprint density at radius 2 is 2.11 bits per heavy atom. The highest BCUT2D eigenvalue weighted by molar-refractivity contribution is 5.75. The predicted molar refractivity (Wildman–Crippen MR) is 81.4 cm³/mol. The molecule has 1 unspecified atom stereocenters. The molecule has 0 fully saturated rings. The van der Waals surface area contributed by atoms with Crippen LogP contribution < -0.4 is 0 Å². The van der Waals surface area contributed by atoms with Crippen molar-refractivity contribution < 1.29 is 0 Å². The van der Waals surface area contributed by atoms with Crippen LogP contribution in [-0.2, 0) is 0 Å². The van der Waals surface area contributed by atoms with Crippen molar-refractivity contribution in [3.63, 3.8) is 0 Å². The van der Waals surface area contributed by atoms with E-state index in [0.717, 1.165) is 29.9 Å². The highest BCUT2D eigenvalue weighted by Gasteiger charge is 2.17. The van der Waals surface area contributed by atoms with Crippen molar-refractivity contribution in [3.8, 4) is 0 Å². The van der Waals surface area contributed by atoms with Gasteiger partial charge in [-0.15, -0.1) is 0 Å². The van der Waals surface area contributed by atoms with Gasteiger partial charge in [0, 0.05) is 0 Å². The normalized spacial score (nSPS) is 13.3. The smallest absolute Gasteiger partial charge is 0.124 e. The second kappa shape index (κ2) is 6.20. The van der Waals surface area contributed by atoms with Crippen LogP contribution in [-0.4, -0.2) is 28.0 Å². The Bertz CT molecular complexity index is 530. The number of nitrogens with zero attached hydrogens (tertiary/aromatic N) is 2. The van der Waals surface area contributed by atoms with Gasteiger partial charge >= 0.3 is 0 Å². The molecule has 0 saturated carbocycles. The Labute approximate surface area is 116 Å². The fourth-order valence-corrected chi connectivity index (χ4v) is 2.50. The van der Waals surface area contributed by atoms with E-state index in [9.17, 15) is 0 Å². The number of benzene rings is 1. The summed E-state index contributed by atoms with van der Waals surface area (Å²) in [6.07, 6.45) is 2.49. The zero-order chi connectivity index (χ0) is 13.8. The average Bonchev–Trinajstić information content (AvgIpc) is 2.82. The van der Waals surface area contributed by atoms with Gasteiger partial charge in [-0.1, -0.05) is 26.3 Å². The largest absolute Gasteiger partial charge is 0.341 e. The highest BCUT2D eigenvalue weighted by Crippen LogP contribution is 2.21. The molecule has 3 nitrogen and oxygen atoms in total. The monoisotopic (exact) mass is 259 g/mol. The third kappa shape index (κ3) is 3.16. The fraction of sp³-hybridized carbons (Fsp3) is 0.562. The first-order valence-electron chi connectivity index (χ1n) is 7.36.